The molecular weight excluding hydrogens is 177 g/mol. The predicted octanol–water partition coefficient (Wildman–Crippen LogP) is 1.02. The summed E-state index contributed by atoms with van der Waals surface area (Å²) in [6, 6.07) is 5.53. The van der Waals surface area contributed by atoms with Gasteiger partial charge < -0.3 is 9.42 Å². The van der Waals surface area contributed by atoms with Crippen LogP contribution in [0.2, 0.25) is 0 Å². The second kappa shape index (κ2) is 5.04. The lowest BCUT2D eigenvalue weighted by Gasteiger charge is -1.98. The summed E-state index contributed by atoms with van der Waals surface area (Å²) in [5.74, 6) is 0. The fourth-order valence-electron chi connectivity index (χ4n) is 0.789. The van der Waals surface area contributed by atoms with Gasteiger partial charge in [-0.15, -0.1) is 0 Å². The third-order valence-corrected chi connectivity index (χ3v) is 1.76. The fourth-order valence-corrected chi connectivity index (χ4v) is 1.07. The van der Waals surface area contributed by atoms with E-state index in [9.17, 15) is 4.57 Å². The zero-order valence-electron chi connectivity index (χ0n) is 6.43. The van der Waals surface area contributed by atoms with Crippen LogP contribution in [0.15, 0.2) is 24.4 Å². The molecule has 0 radical (unpaired) electrons. The third kappa shape index (κ3) is 3.62. The minimum absolute atomic E-state index is 0.241. The average Bonchev–Trinajstić information content (AvgIpc) is 2.05. The van der Waals surface area contributed by atoms with Gasteiger partial charge in [-0.25, -0.2) is 0 Å². The lowest BCUT2D eigenvalue weighted by Crippen LogP contribution is -1.94. The smallest absolute Gasteiger partial charge is 0.316 e. The van der Waals surface area contributed by atoms with Gasteiger partial charge in [0.2, 0.25) is 0 Å². The molecule has 0 aliphatic rings. The maximum atomic E-state index is 10.1. The summed E-state index contributed by atoms with van der Waals surface area (Å²) in [4.78, 5) is 12.4. The van der Waals surface area contributed by atoms with Crippen LogP contribution in [0, 0.1) is 0 Å². The van der Waals surface area contributed by atoms with Crippen molar-refractivity contribution in [2.75, 3.05) is 6.61 Å². The number of pyridine rings is 1. The third-order valence-electron chi connectivity index (χ3n) is 1.31. The van der Waals surface area contributed by atoms with E-state index < -0.39 is 8.25 Å². The maximum Gasteiger partial charge on any atom is 0.316 e. The molecular formula is C7H10NO3P. The van der Waals surface area contributed by atoms with Crippen molar-refractivity contribution in [1.82, 2.24) is 4.98 Å². The molecule has 12 heavy (non-hydrogen) atoms. The zero-order chi connectivity index (χ0) is 8.81. The van der Waals surface area contributed by atoms with E-state index in [4.69, 9.17) is 4.89 Å². The molecule has 1 heterocycles. The highest BCUT2D eigenvalue weighted by molar-refractivity contribution is 7.32. The molecule has 0 bridgehead atoms. The summed E-state index contributed by atoms with van der Waals surface area (Å²) < 4.78 is 14.6. The van der Waals surface area contributed by atoms with Crippen molar-refractivity contribution in [1.29, 1.82) is 0 Å². The van der Waals surface area contributed by atoms with Crippen LogP contribution in [0.5, 0.6) is 0 Å². The van der Waals surface area contributed by atoms with Gasteiger partial charge in [-0.05, 0) is 12.1 Å². The molecule has 1 aromatic heterocycles. The van der Waals surface area contributed by atoms with Gasteiger partial charge in [-0.3, -0.25) is 9.55 Å². The van der Waals surface area contributed by atoms with E-state index >= 15 is 0 Å². The molecule has 1 atom stereocenters. The van der Waals surface area contributed by atoms with Crippen molar-refractivity contribution in [3.05, 3.63) is 30.1 Å². The van der Waals surface area contributed by atoms with E-state index in [-0.39, 0.29) is 6.61 Å². The van der Waals surface area contributed by atoms with Gasteiger partial charge in [0.05, 0.1) is 6.61 Å². The summed E-state index contributed by atoms with van der Waals surface area (Å²) in [7, 11) is -2.78. The van der Waals surface area contributed by atoms with Crippen molar-refractivity contribution in [3.63, 3.8) is 0 Å². The van der Waals surface area contributed by atoms with Crippen molar-refractivity contribution >= 4 is 8.25 Å². The Hall–Kier alpha value is -0.700. The second-order valence-corrected chi connectivity index (χ2v) is 3.01. The summed E-state index contributed by atoms with van der Waals surface area (Å²) >= 11 is 0. The molecule has 1 N–H and O–H groups in total. The van der Waals surface area contributed by atoms with Crippen LogP contribution in [-0.2, 0) is 15.5 Å². The van der Waals surface area contributed by atoms with Crippen LogP contribution < -0.4 is 0 Å². The van der Waals surface area contributed by atoms with Gasteiger partial charge >= 0.3 is 8.25 Å². The number of hydrogen-bond acceptors (Lipinski definition) is 3. The van der Waals surface area contributed by atoms with E-state index in [2.05, 4.69) is 9.51 Å². The summed E-state index contributed by atoms with van der Waals surface area (Å²) in [5.41, 5.74) is 0.862. The van der Waals surface area contributed by atoms with E-state index in [1.54, 1.807) is 6.20 Å². The van der Waals surface area contributed by atoms with Crippen molar-refractivity contribution in [2.45, 2.75) is 6.42 Å². The van der Waals surface area contributed by atoms with Crippen LogP contribution in [0.25, 0.3) is 0 Å². The predicted molar refractivity (Wildman–Crippen MR) is 45.1 cm³/mol. The summed E-state index contributed by atoms with van der Waals surface area (Å²) in [6.45, 7) is 0.241. The van der Waals surface area contributed by atoms with E-state index in [0.29, 0.717) is 6.42 Å². The lowest BCUT2D eigenvalue weighted by atomic mass is 10.3. The maximum absolute atomic E-state index is 10.1. The van der Waals surface area contributed by atoms with Gasteiger partial charge in [0.25, 0.3) is 0 Å². The Morgan fingerprint density at radius 1 is 1.58 bits per heavy atom. The molecule has 0 aromatic carbocycles. The standard InChI is InChI=1S/C7H10NO3P/c9-12(10)11-6-4-7-3-1-2-5-8-7/h1-3,5,12H,4,6H2,(H,9,10). The average molecular weight is 187 g/mol. The quantitative estimate of drug-likeness (QED) is 0.715. The normalized spacial score (nSPS) is 12.8. The zero-order valence-corrected chi connectivity index (χ0v) is 7.43. The molecule has 4 nitrogen and oxygen atoms in total. The molecule has 0 saturated heterocycles. The number of hydrogen-bond donors (Lipinski definition) is 1. The largest absolute Gasteiger partial charge is 0.326 e. The van der Waals surface area contributed by atoms with Crippen LogP contribution in [0.1, 0.15) is 5.69 Å². The topological polar surface area (TPSA) is 59.4 Å². The molecule has 0 saturated carbocycles. The Morgan fingerprint density at radius 3 is 3.00 bits per heavy atom. The van der Waals surface area contributed by atoms with Gasteiger partial charge in [0.15, 0.2) is 0 Å². The molecule has 66 valence electrons. The molecule has 0 aliphatic heterocycles. The highest BCUT2D eigenvalue weighted by atomic mass is 31.1. The Balaban J connectivity index is 2.29. The Kier molecular flexibility index (Phi) is 3.94. The molecule has 0 fully saturated rings. The first-order chi connectivity index (χ1) is 5.79. The molecule has 1 rings (SSSR count). The highest BCUT2D eigenvalue weighted by Gasteiger charge is 1.94. The Labute approximate surface area is 71.2 Å². The fraction of sp³-hybridized carbons (Fsp3) is 0.286. The molecule has 1 aromatic rings. The van der Waals surface area contributed by atoms with Crippen molar-refractivity contribution in [3.8, 4) is 0 Å². The van der Waals surface area contributed by atoms with Crippen LogP contribution in [0.4, 0.5) is 0 Å². The van der Waals surface area contributed by atoms with Gasteiger partial charge in [0.1, 0.15) is 0 Å². The van der Waals surface area contributed by atoms with Gasteiger partial charge in [-0.1, -0.05) is 6.07 Å². The van der Waals surface area contributed by atoms with E-state index in [1.807, 2.05) is 18.2 Å². The first-order valence-electron chi connectivity index (χ1n) is 3.54. The van der Waals surface area contributed by atoms with E-state index in [1.165, 1.54) is 0 Å². The van der Waals surface area contributed by atoms with E-state index in [0.717, 1.165) is 5.69 Å². The van der Waals surface area contributed by atoms with Gasteiger partial charge in [0, 0.05) is 18.3 Å². The monoisotopic (exact) mass is 187 g/mol. The highest BCUT2D eigenvalue weighted by Crippen LogP contribution is 2.14. The Morgan fingerprint density at radius 2 is 2.42 bits per heavy atom. The van der Waals surface area contributed by atoms with Crippen LogP contribution in [-0.4, -0.2) is 16.5 Å². The molecule has 1 unspecified atom stereocenters. The van der Waals surface area contributed by atoms with Crippen molar-refractivity contribution < 1.29 is 14.0 Å². The summed E-state index contributed by atoms with van der Waals surface area (Å²) in [5, 5.41) is 0. The minimum atomic E-state index is -2.78. The first kappa shape index (κ1) is 9.39. The van der Waals surface area contributed by atoms with Gasteiger partial charge in [-0.2, -0.15) is 0 Å². The minimum Gasteiger partial charge on any atom is -0.326 e. The lowest BCUT2D eigenvalue weighted by molar-refractivity contribution is 0.284. The number of aromatic nitrogens is 1. The first-order valence-corrected chi connectivity index (χ1v) is 4.81. The van der Waals surface area contributed by atoms with Crippen molar-refractivity contribution in [2.24, 2.45) is 0 Å². The Bertz CT molecular complexity index is 252. The SMILES string of the molecule is O=[PH](O)OCCc1ccccn1. The van der Waals surface area contributed by atoms with Crippen LogP contribution in [0.3, 0.4) is 0 Å². The molecule has 5 heteroatoms. The second-order valence-electron chi connectivity index (χ2n) is 2.19. The van der Waals surface area contributed by atoms with Crippen LogP contribution >= 0.6 is 8.25 Å². The number of rotatable bonds is 4. The molecule has 0 spiro atoms. The molecule has 0 aliphatic carbocycles. The summed E-state index contributed by atoms with van der Waals surface area (Å²) in [6.07, 6.45) is 2.25. The molecule has 0 amide bonds. The number of nitrogens with zero attached hydrogens (tertiary/aromatic N) is 1.